The van der Waals surface area contributed by atoms with Crippen molar-refractivity contribution in [2.75, 3.05) is 30.4 Å². The summed E-state index contributed by atoms with van der Waals surface area (Å²) in [4.78, 5) is 13.7. The summed E-state index contributed by atoms with van der Waals surface area (Å²) in [5.74, 6) is 1.27. The third kappa shape index (κ3) is 2.83. The van der Waals surface area contributed by atoms with Gasteiger partial charge >= 0.3 is 0 Å². The number of nitrogens with zero attached hydrogens (tertiary/aromatic N) is 1. The second-order valence-electron chi connectivity index (χ2n) is 5.19. The van der Waals surface area contributed by atoms with Gasteiger partial charge in [-0.1, -0.05) is 23.8 Å². The number of amides is 1. The van der Waals surface area contributed by atoms with E-state index in [9.17, 15) is 4.79 Å². The van der Waals surface area contributed by atoms with Crippen molar-refractivity contribution in [1.82, 2.24) is 0 Å². The van der Waals surface area contributed by atoms with Crippen LogP contribution in [0.3, 0.4) is 0 Å². The molecule has 1 aliphatic rings. The van der Waals surface area contributed by atoms with Gasteiger partial charge in [0.15, 0.2) is 12.4 Å². The molecule has 0 aromatic heterocycles. The molecular weight excluding hydrogens is 280 g/mol. The van der Waals surface area contributed by atoms with Gasteiger partial charge < -0.3 is 20.1 Å². The Morgan fingerprint density at radius 3 is 2.77 bits per heavy atom. The minimum atomic E-state index is -0.0920. The molecule has 5 heteroatoms. The van der Waals surface area contributed by atoms with Crippen molar-refractivity contribution in [3.05, 3.63) is 48.0 Å². The number of nitrogen functional groups attached to an aromatic ring is 1. The van der Waals surface area contributed by atoms with Crippen LogP contribution < -0.4 is 20.1 Å². The Hall–Kier alpha value is -2.69. The van der Waals surface area contributed by atoms with Crippen LogP contribution in [-0.4, -0.2) is 25.7 Å². The van der Waals surface area contributed by atoms with Crippen molar-refractivity contribution in [1.29, 1.82) is 0 Å². The van der Waals surface area contributed by atoms with E-state index in [0.717, 1.165) is 5.75 Å². The van der Waals surface area contributed by atoms with Gasteiger partial charge in [0, 0.05) is 0 Å². The van der Waals surface area contributed by atoms with E-state index in [0.29, 0.717) is 30.3 Å². The number of hydrogen-bond acceptors (Lipinski definition) is 4. The molecule has 2 N–H and O–H groups in total. The van der Waals surface area contributed by atoms with E-state index < -0.39 is 0 Å². The maximum absolute atomic E-state index is 12.1. The maximum Gasteiger partial charge on any atom is 0.265 e. The Balaban J connectivity index is 1.68. The highest BCUT2D eigenvalue weighted by Crippen LogP contribution is 2.36. The Kier molecular flexibility index (Phi) is 3.87. The van der Waals surface area contributed by atoms with Crippen molar-refractivity contribution >= 4 is 17.3 Å². The zero-order valence-corrected chi connectivity index (χ0v) is 12.4. The number of anilines is 2. The molecule has 0 bridgehead atoms. The lowest BCUT2D eigenvalue weighted by Crippen LogP contribution is -2.41. The highest BCUT2D eigenvalue weighted by molar-refractivity contribution is 5.99. The number of para-hydroxylation sites is 1. The largest absolute Gasteiger partial charge is 0.492 e. The van der Waals surface area contributed by atoms with Crippen LogP contribution in [0.5, 0.6) is 11.5 Å². The summed E-state index contributed by atoms with van der Waals surface area (Å²) in [6.45, 7) is 2.89. The fraction of sp³-hybridized carbons (Fsp3) is 0.235. The Labute approximate surface area is 129 Å². The first kappa shape index (κ1) is 14.3. The van der Waals surface area contributed by atoms with E-state index in [1.807, 2.05) is 43.3 Å². The lowest BCUT2D eigenvalue weighted by Gasteiger charge is -2.29. The molecule has 1 aliphatic heterocycles. The summed E-state index contributed by atoms with van der Waals surface area (Å²) in [5.41, 5.74) is 8.30. The predicted molar refractivity (Wildman–Crippen MR) is 85.4 cm³/mol. The van der Waals surface area contributed by atoms with Crippen LogP contribution in [0.15, 0.2) is 42.5 Å². The molecule has 1 amide bonds. The van der Waals surface area contributed by atoms with E-state index in [-0.39, 0.29) is 12.5 Å². The lowest BCUT2D eigenvalue weighted by molar-refractivity contribution is -0.121. The molecule has 2 aromatic rings. The summed E-state index contributed by atoms with van der Waals surface area (Å²) in [7, 11) is 0. The third-order valence-corrected chi connectivity index (χ3v) is 3.56. The van der Waals surface area contributed by atoms with Crippen LogP contribution in [0.2, 0.25) is 0 Å². The van der Waals surface area contributed by atoms with Crippen LogP contribution in [0.25, 0.3) is 0 Å². The van der Waals surface area contributed by atoms with Crippen LogP contribution >= 0.6 is 0 Å². The molecule has 5 nitrogen and oxygen atoms in total. The molecule has 0 atom stereocenters. The molecule has 1 heterocycles. The third-order valence-electron chi connectivity index (χ3n) is 3.56. The number of nitrogens with two attached hydrogens (primary N) is 1. The fourth-order valence-electron chi connectivity index (χ4n) is 2.39. The first-order valence-electron chi connectivity index (χ1n) is 7.16. The first-order valence-corrected chi connectivity index (χ1v) is 7.16. The molecule has 0 saturated heterocycles. The highest BCUT2D eigenvalue weighted by atomic mass is 16.5. The number of ether oxygens (including phenoxy) is 2. The smallest absolute Gasteiger partial charge is 0.265 e. The molecule has 0 saturated carbocycles. The van der Waals surface area contributed by atoms with E-state index in [1.165, 1.54) is 5.56 Å². The minimum Gasteiger partial charge on any atom is -0.492 e. The van der Waals surface area contributed by atoms with E-state index in [1.54, 1.807) is 11.0 Å². The molecule has 0 spiro atoms. The van der Waals surface area contributed by atoms with Gasteiger partial charge in [-0.3, -0.25) is 4.79 Å². The number of aryl methyl sites for hydroxylation is 1. The van der Waals surface area contributed by atoms with Gasteiger partial charge in [0.25, 0.3) is 5.91 Å². The molecular formula is C17H18N2O3. The molecule has 2 aromatic carbocycles. The van der Waals surface area contributed by atoms with Crippen molar-refractivity contribution < 1.29 is 14.3 Å². The number of carbonyl (C=O) groups excluding carboxylic acids is 1. The number of carbonyl (C=O) groups is 1. The normalized spacial score (nSPS) is 13.5. The van der Waals surface area contributed by atoms with Gasteiger partial charge in [-0.05, 0) is 31.2 Å². The second-order valence-corrected chi connectivity index (χ2v) is 5.19. The van der Waals surface area contributed by atoms with Gasteiger partial charge in [-0.25, -0.2) is 0 Å². The number of benzene rings is 2. The topological polar surface area (TPSA) is 64.8 Å². The number of fused-ring (bicyclic) bond motifs is 1. The van der Waals surface area contributed by atoms with Crippen molar-refractivity contribution in [2.24, 2.45) is 0 Å². The van der Waals surface area contributed by atoms with Gasteiger partial charge in [-0.2, -0.15) is 0 Å². The monoisotopic (exact) mass is 298 g/mol. The molecule has 0 fully saturated rings. The SMILES string of the molecule is Cc1ccc(OCCN2C(=O)COc3c(N)cccc32)cc1. The number of hydrogen-bond donors (Lipinski definition) is 1. The maximum atomic E-state index is 12.1. The predicted octanol–water partition coefficient (Wildman–Crippen LogP) is 2.38. The highest BCUT2D eigenvalue weighted by Gasteiger charge is 2.26. The molecule has 3 rings (SSSR count). The van der Waals surface area contributed by atoms with Crippen molar-refractivity contribution in [2.45, 2.75) is 6.92 Å². The van der Waals surface area contributed by atoms with Crippen molar-refractivity contribution in [3.63, 3.8) is 0 Å². The number of rotatable bonds is 4. The lowest BCUT2D eigenvalue weighted by atomic mass is 10.2. The van der Waals surface area contributed by atoms with Gasteiger partial charge in [0.05, 0.1) is 17.9 Å². The molecule has 0 unspecified atom stereocenters. The van der Waals surface area contributed by atoms with Gasteiger partial charge in [0.1, 0.15) is 12.4 Å². The Bertz CT molecular complexity index is 683. The molecule has 22 heavy (non-hydrogen) atoms. The summed E-state index contributed by atoms with van der Waals surface area (Å²) in [5, 5.41) is 0. The average Bonchev–Trinajstić information content (AvgIpc) is 2.51. The van der Waals surface area contributed by atoms with Gasteiger partial charge in [-0.15, -0.1) is 0 Å². The van der Waals surface area contributed by atoms with Crippen LogP contribution in [0, 0.1) is 6.92 Å². The Morgan fingerprint density at radius 2 is 2.00 bits per heavy atom. The van der Waals surface area contributed by atoms with Crippen molar-refractivity contribution in [3.8, 4) is 11.5 Å². The zero-order valence-electron chi connectivity index (χ0n) is 12.4. The van der Waals surface area contributed by atoms with E-state index in [2.05, 4.69) is 0 Å². The summed E-state index contributed by atoms with van der Waals surface area (Å²) >= 11 is 0. The molecule has 0 aliphatic carbocycles. The minimum absolute atomic E-state index is 0.00570. The summed E-state index contributed by atoms with van der Waals surface area (Å²) < 4.78 is 11.1. The zero-order chi connectivity index (χ0) is 15.5. The van der Waals surface area contributed by atoms with Gasteiger partial charge in [0.2, 0.25) is 0 Å². The van der Waals surface area contributed by atoms with Crippen LogP contribution in [-0.2, 0) is 4.79 Å². The van der Waals surface area contributed by atoms with Crippen LogP contribution in [0.4, 0.5) is 11.4 Å². The summed E-state index contributed by atoms with van der Waals surface area (Å²) in [6, 6.07) is 13.2. The quantitative estimate of drug-likeness (QED) is 0.880. The average molecular weight is 298 g/mol. The fourth-order valence-corrected chi connectivity index (χ4v) is 2.39. The first-order chi connectivity index (χ1) is 10.6. The second kappa shape index (κ2) is 5.97. The van der Waals surface area contributed by atoms with E-state index >= 15 is 0 Å². The molecule has 114 valence electrons. The van der Waals surface area contributed by atoms with E-state index in [4.69, 9.17) is 15.2 Å². The Morgan fingerprint density at radius 1 is 1.23 bits per heavy atom. The standard InChI is InChI=1S/C17H18N2O3/c1-12-5-7-13(8-6-12)21-10-9-19-15-4-2-3-14(18)17(15)22-11-16(19)20/h2-8H,9-11,18H2,1H3. The molecule has 0 radical (unpaired) electrons. The summed E-state index contributed by atoms with van der Waals surface area (Å²) in [6.07, 6.45) is 0. The van der Waals surface area contributed by atoms with Crippen LogP contribution in [0.1, 0.15) is 5.56 Å².